The van der Waals surface area contributed by atoms with E-state index in [-0.39, 0.29) is 23.3 Å². The zero-order valence-electron chi connectivity index (χ0n) is 20.1. The van der Waals surface area contributed by atoms with Gasteiger partial charge >= 0.3 is 0 Å². The van der Waals surface area contributed by atoms with Gasteiger partial charge in [0.05, 0.1) is 0 Å². The molecular formula is C27H25F2N5O3. The number of hydrogen-bond acceptors (Lipinski definition) is 4. The fraction of sp³-hybridized carbons (Fsp3) is 0.222. The molecule has 190 valence electrons. The van der Waals surface area contributed by atoms with Crippen LogP contribution in [0.3, 0.4) is 0 Å². The molecule has 1 aliphatic rings. The number of imidazole rings is 1. The molecule has 2 aromatic carbocycles. The lowest BCUT2D eigenvalue weighted by Crippen LogP contribution is -2.38. The Bertz CT molecular complexity index is 1520. The Kier molecular flexibility index (Phi) is 6.24. The SMILES string of the molecule is C=C(C)C(=O)N1CCC(c2c[nH]n3c(C(N)=O)c(-c4ccc(Oc5ccc(F)cc5F)cc4)nc23)CC1. The number of hydrogen-bond donors (Lipinski definition) is 2. The number of nitrogens with one attached hydrogen (secondary N) is 1. The van der Waals surface area contributed by atoms with Crippen LogP contribution in [0.15, 0.2) is 60.8 Å². The maximum Gasteiger partial charge on any atom is 0.269 e. The van der Waals surface area contributed by atoms with Crippen molar-refractivity contribution >= 4 is 17.5 Å². The van der Waals surface area contributed by atoms with Crippen LogP contribution in [0.4, 0.5) is 8.78 Å². The van der Waals surface area contributed by atoms with Crippen molar-refractivity contribution in [2.24, 2.45) is 5.73 Å². The molecule has 0 saturated carbocycles. The quantitative estimate of drug-likeness (QED) is 0.368. The van der Waals surface area contributed by atoms with Gasteiger partial charge in [-0.25, -0.2) is 18.3 Å². The first kappa shape index (κ1) is 24.2. The Morgan fingerprint density at radius 3 is 2.46 bits per heavy atom. The summed E-state index contributed by atoms with van der Waals surface area (Å²) in [6.07, 6.45) is 3.34. The minimum Gasteiger partial charge on any atom is -0.454 e. The molecule has 2 amide bonds. The largest absolute Gasteiger partial charge is 0.454 e. The number of piperidine rings is 1. The van der Waals surface area contributed by atoms with Gasteiger partial charge in [0.15, 0.2) is 22.9 Å². The van der Waals surface area contributed by atoms with Crippen molar-refractivity contribution < 1.29 is 23.1 Å². The van der Waals surface area contributed by atoms with Gasteiger partial charge in [-0.05, 0) is 62.1 Å². The molecule has 4 aromatic rings. The lowest BCUT2D eigenvalue weighted by atomic mass is 9.91. The zero-order chi connectivity index (χ0) is 26.3. The highest BCUT2D eigenvalue weighted by Gasteiger charge is 2.29. The second kappa shape index (κ2) is 9.53. The minimum atomic E-state index is -0.814. The molecule has 37 heavy (non-hydrogen) atoms. The fourth-order valence-corrected chi connectivity index (χ4v) is 4.70. The molecule has 0 unspecified atom stereocenters. The number of halogens is 2. The van der Waals surface area contributed by atoms with E-state index in [1.165, 1.54) is 6.07 Å². The summed E-state index contributed by atoms with van der Waals surface area (Å²) in [6.45, 7) is 6.67. The number of nitrogens with zero attached hydrogens (tertiary/aromatic N) is 3. The monoisotopic (exact) mass is 505 g/mol. The summed E-state index contributed by atoms with van der Waals surface area (Å²) in [5, 5.41) is 3.09. The van der Waals surface area contributed by atoms with Crippen LogP contribution in [0.1, 0.15) is 41.7 Å². The summed E-state index contributed by atoms with van der Waals surface area (Å²) in [4.78, 5) is 31.2. The van der Waals surface area contributed by atoms with Crippen LogP contribution >= 0.6 is 0 Å². The summed E-state index contributed by atoms with van der Waals surface area (Å²) >= 11 is 0. The van der Waals surface area contributed by atoms with E-state index >= 15 is 0 Å². The van der Waals surface area contributed by atoms with Gasteiger partial charge in [0.2, 0.25) is 5.91 Å². The number of benzene rings is 2. The smallest absolute Gasteiger partial charge is 0.269 e. The van der Waals surface area contributed by atoms with Crippen LogP contribution in [-0.2, 0) is 4.79 Å². The first-order chi connectivity index (χ1) is 17.7. The molecule has 8 nitrogen and oxygen atoms in total. The molecule has 0 spiro atoms. The topological polar surface area (TPSA) is 106 Å². The molecule has 3 N–H and O–H groups in total. The average Bonchev–Trinajstić information content (AvgIpc) is 3.45. The molecule has 1 fully saturated rings. The van der Waals surface area contributed by atoms with Gasteiger partial charge in [-0.1, -0.05) is 6.58 Å². The summed E-state index contributed by atoms with van der Waals surface area (Å²) in [5.74, 6) is -1.82. The maximum absolute atomic E-state index is 13.9. The van der Waals surface area contributed by atoms with Crippen LogP contribution in [0.25, 0.3) is 16.9 Å². The number of rotatable bonds is 6. The average molecular weight is 506 g/mol. The molecule has 5 rings (SSSR count). The van der Waals surface area contributed by atoms with Crippen molar-refractivity contribution in [3.63, 3.8) is 0 Å². The normalized spacial score (nSPS) is 14.2. The predicted octanol–water partition coefficient (Wildman–Crippen LogP) is 4.78. The number of aromatic nitrogens is 3. The van der Waals surface area contributed by atoms with Gasteiger partial charge in [-0.2, -0.15) is 0 Å². The second-order valence-corrected chi connectivity index (χ2v) is 9.11. The number of primary amides is 1. The summed E-state index contributed by atoms with van der Waals surface area (Å²) in [6, 6.07) is 9.65. The Hall–Kier alpha value is -4.47. The fourth-order valence-electron chi connectivity index (χ4n) is 4.70. The predicted molar refractivity (Wildman–Crippen MR) is 133 cm³/mol. The van der Waals surface area contributed by atoms with Gasteiger partial charge in [-0.3, -0.25) is 14.7 Å². The Labute approximate surface area is 211 Å². The number of likely N-dealkylation sites (tertiary alicyclic amines) is 1. The van der Waals surface area contributed by atoms with Crippen molar-refractivity contribution in [1.29, 1.82) is 0 Å². The van der Waals surface area contributed by atoms with Crippen LogP contribution < -0.4 is 10.5 Å². The lowest BCUT2D eigenvalue weighted by Gasteiger charge is -2.31. The van der Waals surface area contributed by atoms with Gasteiger partial charge in [0.1, 0.15) is 17.3 Å². The molecule has 0 atom stereocenters. The van der Waals surface area contributed by atoms with E-state index in [2.05, 4.69) is 11.7 Å². The Balaban J connectivity index is 1.41. The molecular weight excluding hydrogens is 480 g/mol. The van der Waals surface area contributed by atoms with Crippen molar-refractivity contribution in [3.05, 3.63) is 83.7 Å². The van der Waals surface area contributed by atoms with E-state index in [0.29, 0.717) is 41.3 Å². The van der Waals surface area contributed by atoms with Gasteiger partial charge in [0, 0.05) is 42.1 Å². The molecule has 0 bridgehead atoms. The molecule has 0 aliphatic carbocycles. The van der Waals surface area contributed by atoms with Crippen molar-refractivity contribution in [2.75, 3.05) is 13.1 Å². The van der Waals surface area contributed by atoms with Crippen molar-refractivity contribution in [3.8, 4) is 22.8 Å². The summed E-state index contributed by atoms with van der Waals surface area (Å²) in [7, 11) is 0. The molecule has 10 heteroatoms. The number of ether oxygens (including phenoxy) is 1. The Morgan fingerprint density at radius 2 is 1.84 bits per heavy atom. The van der Waals surface area contributed by atoms with Crippen LogP contribution in [-0.4, -0.2) is 44.4 Å². The highest BCUT2D eigenvalue weighted by atomic mass is 19.1. The van der Waals surface area contributed by atoms with Crippen molar-refractivity contribution in [2.45, 2.75) is 25.7 Å². The third-order valence-electron chi connectivity index (χ3n) is 6.55. The van der Waals surface area contributed by atoms with E-state index in [1.807, 2.05) is 6.20 Å². The zero-order valence-corrected chi connectivity index (χ0v) is 20.1. The van der Waals surface area contributed by atoms with Crippen LogP contribution in [0.5, 0.6) is 11.5 Å². The highest BCUT2D eigenvalue weighted by molar-refractivity contribution is 5.98. The van der Waals surface area contributed by atoms with E-state index in [1.54, 1.807) is 40.6 Å². The van der Waals surface area contributed by atoms with E-state index in [4.69, 9.17) is 15.5 Å². The van der Waals surface area contributed by atoms with Gasteiger partial charge < -0.3 is 15.4 Å². The number of carbonyl (C=O) groups is 2. The summed E-state index contributed by atoms with van der Waals surface area (Å²) in [5.41, 5.74) is 9.00. The van der Waals surface area contributed by atoms with E-state index < -0.39 is 17.5 Å². The summed E-state index contributed by atoms with van der Waals surface area (Å²) < 4.78 is 34.2. The maximum atomic E-state index is 13.9. The third kappa shape index (κ3) is 4.57. The number of fused-ring (bicyclic) bond motifs is 1. The number of H-pyrrole nitrogens is 1. The van der Waals surface area contributed by atoms with Crippen LogP contribution in [0.2, 0.25) is 0 Å². The number of carbonyl (C=O) groups excluding carboxylic acids is 2. The first-order valence-electron chi connectivity index (χ1n) is 11.8. The highest BCUT2D eigenvalue weighted by Crippen LogP contribution is 2.34. The first-order valence-corrected chi connectivity index (χ1v) is 11.8. The molecule has 0 radical (unpaired) electrons. The molecule has 2 aromatic heterocycles. The molecule has 3 heterocycles. The minimum absolute atomic E-state index is 0.0358. The third-order valence-corrected chi connectivity index (χ3v) is 6.55. The second-order valence-electron chi connectivity index (χ2n) is 9.11. The van der Waals surface area contributed by atoms with Crippen LogP contribution in [0, 0.1) is 11.6 Å². The number of aromatic amines is 1. The van der Waals surface area contributed by atoms with Gasteiger partial charge in [-0.15, -0.1) is 0 Å². The number of nitrogens with two attached hydrogens (primary N) is 1. The van der Waals surface area contributed by atoms with E-state index in [0.717, 1.165) is 30.5 Å². The Morgan fingerprint density at radius 1 is 1.14 bits per heavy atom. The standard InChI is InChI=1S/C27H25F2N5O3/c1-15(2)27(36)33-11-9-16(10-12-33)20-14-31-34-24(25(30)35)23(32-26(20)34)17-3-6-19(7-4-17)37-22-8-5-18(28)13-21(22)29/h3-8,13-14,16,31H,1,9-12H2,2H3,(H2,30,35). The molecule has 1 aliphatic heterocycles. The lowest BCUT2D eigenvalue weighted by molar-refractivity contribution is -0.128. The molecule has 1 saturated heterocycles. The van der Waals surface area contributed by atoms with E-state index in [9.17, 15) is 18.4 Å². The van der Waals surface area contributed by atoms with Gasteiger partial charge in [0.25, 0.3) is 5.91 Å². The number of amides is 2. The van der Waals surface area contributed by atoms with Crippen molar-refractivity contribution in [1.82, 2.24) is 19.5 Å².